The minimum Gasteiger partial charge on any atom is -0.504 e. The third-order valence-corrected chi connectivity index (χ3v) is 9.81. The summed E-state index contributed by atoms with van der Waals surface area (Å²) in [6, 6.07) is 3.68. The van der Waals surface area contributed by atoms with Crippen molar-refractivity contribution in [1.82, 2.24) is 10.2 Å². The Morgan fingerprint density at radius 2 is 2.00 bits per heavy atom. The lowest BCUT2D eigenvalue weighted by atomic mass is 9.48. The third kappa shape index (κ3) is 3.75. The van der Waals surface area contributed by atoms with Crippen LogP contribution in [0.25, 0.3) is 0 Å². The molecular formula is C30H44N2O5. The van der Waals surface area contributed by atoms with Crippen LogP contribution in [-0.2, 0) is 26.1 Å². The van der Waals surface area contributed by atoms with E-state index < -0.39 is 11.6 Å². The summed E-state index contributed by atoms with van der Waals surface area (Å²) in [6.45, 7) is 12.0. The van der Waals surface area contributed by atoms with Crippen LogP contribution in [0.15, 0.2) is 12.1 Å². The summed E-state index contributed by atoms with van der Waals surface area (Å²) in [4.78, 5) is 16.0. The Balaban J connectivity index is 1.40. The summed E-state index contributed by atoms with van der Waals surface area (Å²) in [5.41, 5.74) is 1.15. The van der Waals surface area contributed by atoms with Crippen molar-refractivity contribution in [3.05, 3.63) is 23.3 Å². The standard InChI is InChI=1S/C30H44N2O5/c1-17(2)24(27(34)37-28(3,4)5)31-20-11-12-30(35-6)22-15-19-9-10-21(33)25-23(19)29(30,26(20)36-25)13-14-32(22)16-18-7-8-18/h9-10,17-18,20,22,24,26,31,33H,7-8,11-16H2,1-6H3/t20?,22-,24-,26?,29+,30-/m1/s1. The first-order chi connectivity index (χ1) is 17.5. The summed E-state index contributed by atoms with van der Waals surface area (Å²) in [5.74, 6) is 1.49. The van der Waals surface area contributed by atoms with Gasteiger partial charge in [0.1, 0.15) is 17.7 Å². The molecule has 1 aromatic carbocycles. The van der Waals surface area contributed by atoms with Crippen molar-refractivity contribution in [3.8, 4) is 11.5 Å². The van der Waals surface area contributed by atoms with Crippen molar-refractivity contribution < 1.29 is 24.1 Å². The maximum Gasteiger partial charge on any atom is 0.323 e. The fraction of sp³-hybridized carbons (Fsp3) is 0.767. The second-order valence-corrected chi connectivity index (χ2v) is 13.5. The first-order valence-corrected chi connectivity index (χ1v) is 14.3. The van der Waals surface area contributed by atoms with Crippen molar-refractivity contribution in [3.63, 3.8) is 0 Å². The van der Waals surface area contributed by atoms with Gasteiger partial charge in [0, 0.05) is 31.3 Å². The van der Waals surface area contributed by atoms with Crippen LogP contribution >= 0.6 is 0 Å². The van der Waals surface area contributed by atoms with E-state index in [1.54, 1.807) is 6.07 Å². The van der Waals surface area contributed by atoms with E-state index in [0.29, 0.717) is 5.75 Å². The highest BCUT2D eigenvalue weighted by Crippen LogP contribution is 2.66. The molecule has 2 unspecified atom stereocenters. The van der Waals surface area contributed by atoms with Gasteiger partial charge in [-0.1, -0.05) is 19.9 Å². The maximum atomic E-state index is 13.3. The Bertz CT molecular complexity index is 1080. The van der Waals surface area contributed by atoms with Gasteiger partial charge in [-0.05, 0) is 89.3 Å². The quantitative estimate of drug-likeness (QED) is 0.536. The van der Waals surface area contributed by atoms with Crippen LogP contribution in [0.5, 0.6) is 11.5 Å². The molecule has 1 aromatic rings. The topological polar surface area (TPSA) is 80.3 Å². The number of ether oxygens (including phenoxy) is 3. The van der Waals surface area contributed by atoms with Crippen molar-refractivity contribution in [2.75, 3.05) is 20.2 Å². The van der Waals surface area contributed by atoms with Crippen molar-refractivity contribution in [2.24, 2.45) is 11.8 Å². The number of phenols is 1. The molecule has 6 rings (SSSR count). The number of carbonyl (C=O) groups excluding carboxylic acids is 1. The molecule has 7 heteroatoms. The van der Waals surface area contributed by atoms with Crippen LogP contribution in [-0.4, -0.2) is 71.6 Å². The van der Waals surface area contributed by atoms with Gasteiger partial charge in [0.2, 0.25) is 0 Å². The van der Waals surface area contributed by atoms with Crippen LogP contribution < -0.4 is 10.1 Å². The van der Waals surface area contributed by atoms with Gasteiger partial charge >= 0.3 is 5.97 Å². The second kappa shape index (κ2) is 8.59. The number of nitrogens with zero attached hydrogens (tertiary/aromatic N) is 1. The summed E-state index contributed by atoms with van der Waals surface area (Å²) in [5, 5.41) is 14.7. The molecule has 2 N–H and O–H groups in total. The molecule has 0 radical (unpaired) electrons. The average Bonchev–Trinajstić information content (AvgIpc) is 3.57. The molecule has 1 spiro atoms. The minimum absolute atomic E-state index is 0.0587. The van der Waals surface area contributed by atoms with Gasteiger partial charge in [0.05, 0.1) is 11.0 Å². The molecule has 6 atom stereocenters. The molecule has 2 bridgehead atoms. The first kappa shape index (κ1) is 25.4. The van der Waals surface area contributed by atoms with Crippen LogP contribution in [0.2, 0.25) is 0 Å². The normalized spacial score (nSPS) is 35.2. The summed E-state index contributed by atoms with van der Waals surface area (Å²) in [7, 11) is 1.88. The van der Waals surface area contributed by atoms with Gasteiger partial charge in [-0.2, -0.15) is 0 Å². The SMILES string of the molecule is CO[C@@]12CCC(N[C@@H](C(=O)OC(C)(C)C)C(C)C)C3Oc4c(O)ccc5c4[C@@]31CCN(CC1CC1)[C@@H]2C5. The van der Waals surface area contributed by atoms with Crippen LogP contribution in [0.1, 0.15) is 77.8 Å². The molecule has 2 heterocycles. The van der Waals surface area contributed by atoms with E-state index in [2.05, 4.69) is 30.1 Å². The summed E-state index contributed by atoms with van der Waals surface area (Å²) in [6.07, 6.45) is 6.02. The molecule has 2 saturated carbocycles. The minimum atomic E-state index is -0.547. The van der Waals surface area contributed by atoms with Gasteiger partial charge in [0.25, 0.3) is 0 Å². The number of carbonyl (C=O) groups is 1. The molecule has 7 nitrogen and oxygen atoms in total. The lowest BCUT2D eigenvalue weighted by molar-refractivity contribution is -0.208. The molecule has 0 amide bonds. The van der Waals surface area contributed by atoms with E-state index in [-0.39, 0.29) is 46.8 Å². The third-order valence-electron chi connectivity index (χ3n) is 9.81. The molecule has 0 aromatic heterocycles. The Labute approximate surface area is 221 Å². The molecule has 204 valence electrons. The predicted molar refractivity (Wildman–Crippen MR) is 141 cm³/mol. The van der Waals surface area contributed by atoms with Crippen LogP contribution in [0, 0.1) is 11.8 Å². The number of nitrogens with one attached hydrogen (secondary N) is 1. The number of aromatic hydroxyl groups is 1. The molecule has 5 aliphatic rings. The number of phenolic OH excluding ortho intramolecular Hbond substituents is 1. The zero-order valence-electron chi connectivity index (χ0n) is 23.3. The van der Waals surface area contributed by atoms with E-state index in [0.717, 1.165) is 50.3 Å². The van der Waals surface area contributed by atoms with Crippen molar-refractivity contribution >= 4 is 5.97 Å². The van der Waals surface area contributed by atoms with E-state index in [4.69, 9.17) is 14.2 Å². The van der Waals surface area contributed by atoms with E-state index in [1.807, 2.05) is 27.9 Å². The van der Waals surface area contributed by atoms with Gasteiger partial charge < -0.3 is 19.3 Å². The van der Waals surface area contributed by atoms with Gasteiger partial charge in [-0.15, -0.1) is 0 Å². The number of benzene rings is 1. The van der Waals surface area contributed by atoms with E-state index in [1.165, 1.54) is 18.4 Å². The first-order valence-electron chi connectivity index (χ1n) is 14.3. The molecular weight excluding hydrogens is 468 g/mol. The summed E-state index contributed by atoms with van der Waals surface area (Å²) >= 11 is 0. The average molecular weight is 513 g/mol. The zero-order valence-corrected chi connectivity index (χ0v) is 23.3. The van der Waals surface area contributed by atoms with E-state index in [9.17, 15) is 9.90 Å². The molecule has 3 aliphatic carbocycles. The second-order valence-electron chi connectivity index (χ2n) is 13.5. The number of likely N-dealkylation sites (tertiary alicyclic amines) is 1. The Kier molecular flexibility index (Phi) is 5.91. The number of esters is 1. The fourth-order valence-corrected chi connectivity index (χ4v) is 8.17. The lowest BCUT2D eigenvalue weighted by Crippen LogP contribution is -2.79. The van der Waals surface area contributed by atoms with Crippen LogP contribution in [0.4, 0.5) is 0 Å². The highest BCUT2D eigenvalue weighted by molar-refractivity contribution is 5.76. The smallest absolute Gasteiger partial charge is 0.323 e. The molecule has 3 fully saturated rings. The van der Waals surface area contributed by atoms with E-state index >= 15 is 0 Å². The molecule has 1 saturated heterocycles. The summed E-state index contributed by atoms with van der Waals surface area (Å²) < 4.78 is 19.3. The Morgan fingerprint density at radius 1 is 1.24 bits per heavy atom. The van der Waals surface area contributed by atoms with Gasteiger partial charge in [0.15, 0.2) is 11.5 Å². The highest BCUT2D eigenvalue weighted by Gasteiger charge is 2.74. The Hall–Kier alpha value is -1.83. The fourth-order valence-electron chi connectivity index (χ4n) is 8.17. The number of hydrogen-bond donors (Lipinski definition) is 2. The van der Waals surface area contributed by atoms with Crippen molar-refractivity contribution in [1.29, 1.82) is 0 Å². The maximum absolute atomic E-state index is 13.3. The number of hydrogen-bond acceptors (Lipinski definition) is 7. The van der Waals surface area contributed by atoms with Crippen molar-refractivity contribution in [2.45, 2.75) is 114 Å². The molecule has 37 heavy (non-hydrogen) atoms. The molecule has 2 aliphatic heterocycles. The monoisotopic (exact) mass is 512 g/mol. The lowest BCUT2D eigenvalue weighted by Gasteiger charge is -2.66. The Morgan fingerprint density at radius 3 is 2.65 bits per heavy atom. The van der Waals surface area contributed by atoms with Gasteiger partial charge in [-0.25, -0.2) is 0 Å². The number of methoxy groups -OCH3 is 1. The number of piperidine rings is 1. The van der Waals surface area contributed by atoms with Gasteiger partial charge in [-0.3, -0.25) is 15.0 Å². The predicted octanol–water partition coefficient (Wildman–Crippen LogP) is 3.93. The largest absolute Gasteiger partial charge is 0.504 e. The highest BCUT2D eigenvalue weighted by atomic mass is 16.6. The van der Waals surface area contributed by atoms with Crippen LogP contribution in [0.3, 0.4) is 0 Å². The number of rotatable bonds is 7. The zero-order chi connectivity index (χ0) is 26.3.